The molecule has 0 aliphatic carbocycles. The van der Waals surface area contributed by atoms with E-state index in [9.17, 15) is 40.5 Å². The summed E-state index contributed by atoms with van der Waals surface area (Å²) in [5.74, 6) is -0.373. The molecule has 11 atom stereocenters. The zero-order chi connectivity index (χ0) is 43.8. The molecule has 2 aliphatic rings. The van der Waals surface area contributed by atoms with Gasteiger partial charge in [0.05, 0.1) is 26.4 Å². The second kappa shape index (κ2) is 35.4. The molecule has 0 saturated carbocycles. The van der Waals surface area contributed by atoms with Gasteiger partial charge in [-0.3, -0.25) is 4.79 Å². The van der Waals surface area contributed by atoms with E-state index in [1.807, 2.05) is 0 Å². The maximum Gasteiger partial charge on any atom is 0.306 e. The first-order valence-electron chi connectivity index (χ1n) is 24.1. The lowest BCUT2D eigenvalue weighted by Gasteiger charge is -2.42. The molecule has 0 aromatic heterocycles. The summed E-state index contributed by atoms with van der Waals surface area (Å²) in [7, 11) is 0. The van der Waals surface area contributed by atoms with Gasteiger partial charge in [0.15, 0.2) is 12.6 Å². The molecule has 0 amide bonds. The van der Waals surface area contributed by atoms with Crippen molar-refractivity contribution in [3.63, 3.8) is 0 Å². The van der Waals surface area contributed by atoms with Gasteiger partial charge in [0.1, 0.15) is 54.9 Å². The third-order valence-electron chi connectivity index (χ3n) is 11.9. The number of rotatable bonds is 38. The Labute approximate surface area is 362 Å². The number of ether oxygens (including phenoxy) is 6. The van der Waals surface area contributed by atoms with Gasteiger partial charge in [-0.05, 0) is 12.8 Å². The smallest absolute Gasteiger partial charge is 0.306 e. The number of aliphatic hydroxyl groups excluding tert-OH is 7. The first-order chi connectivity index (χ1) is 29.1. The Morgan fingerprint density at radius 2 is 0.883 bits per heavy atom. The first kappa shape index (κ1) is 55.1. The van der Waals surface area contributed by atoms with E-state index >= 15 is 0 Å². The van der Waals surface area contributed by atoms with E-state index in [2.05, 4.69) is 13.8 Å². The van der Waals surface area contributed by atoms with Crippen LogP contribution in [0.25, 0.3) is 0 Å². The maximum absolute atomic E-state index is 12.9. The lowest BCUT2D eigenvalue weighted by Crippen LogP contribution is -2.61. The Kier molecular flexibility index (Phi) is 32.5. The molecule has 356 valence electrons. The van der Waals surface area contributed by atoms with Crippen molar-refractivity contribution in [2.75, 3.05) is 33.0 Å². The summed E-state index contributed by atoms with van der Waals surface area (Å²) in [4.78, 5) is 12.9. The minimum Gasteiger partial charge on any atom is -0.457 e. The summed E-state index contributed by atoms with van der Waals surface area (Å²) in [6.07, 6.45) is 16.0. The van der Waals surface area contributed by atoms with Crippen LogP contribution < -0.4 is 0 Å². The van der Waals surface area contributed by atoms with Gasteiger partial charge < -0.3 is 64.2 Å². The SMILES string of the molecule is CCCCCCCCCCCCCCCCCCCC(=O)OC(COCCCCCCCCCCC)COC1OC(COC2OC(CO)C(O)C(O)C2O)C(O)C(O)C1O. The van der Waals surface area contributed by atoms with E-state index in [1.165, 1.54) is 122 Å². The predicted molar refractivity (Wildman–Crippen MR) is 229 cm³/mol. The van der Waals surface area contributed by atoms with Crippen molar-refractivity contribution in [1.29, 1.82) is 0 Å². The summed E-state index contributed by atoms with van der Waals surface area (Å²) in [5.41, 5.74) is 0. The molecule has 60 heavy (non-hydrogen) atoms. The third-order valence-corrected chi connectivity index (χ3v) is 11.9. The highest BCUT2D eigenvalue weighted by atomic mass is 16.7. The van der Waals surface area contributed by atoms with Crippen LogP contribution in [0.5, 0.6) is 0 Å². The molecule has 2 fully saturated rings. The number of carbonyl (C=O) groups excluding carboxylic acids is 1. The van der Waals surface area contributed by atoms with E-state index < -0.39 is 80.7 Å². The Balaban J connectivity index is 1.76. The molecule has 2 aliphatic heterocycles. The van der Waals surface area contributed by atoms with Crippen LogP contribution in [0.1, 0.15) is 187 Å². The van der Waals surface area contributed by atoms with Gasteiger partial charge >= 0.3 is 5.97 Å². The number of unbranched alkanes of at least 4 members (excludes halogenated alkanes) is 24. The maximum atomic E-state index is 12.9. The van der Waals surface area contributed by atoms with Crippen LogP contribution in [0.2, 0.25) is 0 Å². The van der Waals surface area contributed by atoms with Crippen LogP contribution in [0.4, 0.5) is 0 Å². The largest absolute Gasteiger partial charge is 0.457 e. The molecule has 0 aromatic rings. The monoisotopic (exact) mass is 865 g/mol. The van der Waals surface area contributed by atoms with Gasteiger partial charge in [0.25, 0.3) is 0 Å². The topological polar surface area (TPSA) is 214 Å². The minimum absolute atomic E-state index is 0.0689. The fourth-order valence-corrected chi connectivity index (χ4v) is 7.87. The fraction of sp³-hybridized carbons (Fsp3) is 0.978. The quantitative estimate of drug-likeness (QED) is 0.0275. The van der Waals surface area contributed by atoms with Crippen molar-refractivity contribution in [3.8, 4) is 0 Å². The number of carbonyl (C=O) groups is 1. The number of hydrogen-bond donors (Lipinski definition) is 7. The summed E-state index contributed by atoms with van der Waals surface area (Å²) in [6.45, 7) is 3.70. The van der Waals surface area contributed by atoms with E-state index in [0.29, 0.717) is 6.61 Å². The molecule has 2 saturated heterocycles. The highest BCUT2D eigenvalue weighted by Crippen LogP contribution is 2.26. The molecule has 7 N–H and O–H groups in total. The normalized spacial score (nSPS) is 27.6. The highest BCUT2D eigenvalue weighted by Gasteiger charge is 2.47. The van der Waals surface area contributed by atoms with Crippen LogP contribution in [0, 0.1) is 0 Å². The summed E-state index contributed by atoms with van der Waals surface area (Å²) in [5, 5.41) is 71.9. The van der Waals surface area contributed by atoms with Crippen LogP contribution in [0.3, 0.4) is 0 Å². The number of esters is 1. The Morgan fingerprint density at radius 3 is 1.35 bits per heavy atom. The molecule has 14 nitrogen and oxygen atoms in total. The molecular formula is C46H88O14. The van der Waals surface area contributed by atoms with Crippen LogP contribution >= 0.6 is 0 Å². The lowest BCUT2D eigenvalue weighted by molar-refractivity contribution is -0.332. The van der Waals surface area contributed by atoms with Gasteiger partial charge in [0.2, 0.25) is 0 Å². The zero-order valence-corrected chi connectivity index (χ0v) is 37.5. The van der Waals surface area contributed by atoms with Crippen molar-refractivity contribution in [1.82, 2.24) is 0 Å². The Hall–Kier alpha value is -1.01. The lowest BCUT2D eigenvalue weighted by atomic mass is 9.98. The molecule has 11 unspecified atom stereocenters. The van der Waals surface area contributed by atoms with Crippen molar-refractivity contribution >= 4 is 5.97 Å². The van der Waals surface area contributed by atoms with Crippen molar-refractivity contribution < 1.29 is 69.0 Å². The zero-order valence-electron chi connectivity index (χ0n) is 37.5. The molecule has 0 radical (unpaired) electrons. The molecule has 2 heterocycles. The summed E-state index contributed by atoms with van der Waals surface area (Å²) < 4.78 is 34.1. The van der Waals surface area contributed by atoms with E-state index in [-0.39, 0.29) is 25.6 Å². The van der Waals surface area contributed by atoms with Crippen LogP contribution in [-0.2, 0) is 33.2 Å². The average molecular weight is 865 g/mol. The van der Waals surface area contributed by atoms with Crippen LogP contribution in [0.15, 0.2) is 0 Å². The van der Waals surface area contributed by atoms with Crippen LogP contribution in [-0.4, -0.2) is 142 Å². The molecule has 0 bridgehead atoms. The molecule has 14 heteroatoms. The fourth-order valence-electron chi connectivity index (χ4n) is 7.87. The van der Waals surface area contributed by atoms with Crippen molar-refractivity contribution in [3.05, 3.63) is 0 Å². The summed E-state index contributed by atoms with van der Waals surface area (Å²) >= 11 is 0. The highest BCUT2D eigenvalue weighted by molar-refractivity contribution is 5.69. The Bertz CT molecular complexity index is 1010. The van der Waals surface area contributed by atoms with Crippen molar-refractivity contribution in [2.45, 2.75) is 255 Å². The van der Waals surface area contributed by atoms with E-state index in [0.717, 1.165) is 44.9 Å². The third kappa shape index (κ3) is 23.6. The number of hydrogen-bond acceptors (Lipinski definition) is 14. The van der Waals surface area contributed by atoms with Crippen molar-refractivity contribution in [2.24, 2.45) is 0 Å². The first-order valence-corrected chi connectivity index (χ1v) is 24.1. The summed E-state index contributed by atoms with van der Waals surface area (Å²) in [6, 6.07) is 0. The molecule has 0 spiro atoms. The molecule has 0 aromatic carbocycles. The molecule has 2 rings (SSSR count). The molecular weight excluding hydrogens is 776 g/mol. The van der Waals surface area contributed by atoms with Gasteiger partial charge in [-0.1, -0.05) is 168 Å². The number of aliphatic hydroxyl groups is 7. The second-order valence-electron chi connectivity index (χ2n) is 17.3. The standard InChI is InChI=1S/C46H88O14/c1-3-5-7-9-11-13-14-15-16-17-18-19-20-21-23-25-27-29-38(48)58-35(32-55-30-28-26-24-22-12-10-8-6-4-2)33-56-45-44(54)42(52)40(50)37(60-45)34-57-46-43(53)41(51)39(49)36(31-47)59-46/h35-37,39-47,49-54H,3-34H2,1-2H3. The van der Waals surface area contributed by atoms with Gasteiger partial charge in [-0.25, -0.2) is 0 Å². The van der Waals surface area contributed by atoms with Gasteiger partial charge in [0, 0.05) is 13.0 Å². The minimum atomic E-state index is -1.70. The van der Waals surface area contributed by atoms with E-state index in [1.54, 1.807) is 0 Å². The Morgan fingerprint density at radius 1 is 0.483 bits per heavy atom. The predicted octanol–water partition coefficient (Wildman–Crippen LogP) is 6.13. The van der Waals surface area contributed by atoms with E-state index in [4.69, 9.17) is 28.4 Å². The average Bonchev–Trinajstić information content (AvgIpc) is 3.24. The van der Waals surface area contributed by atoms with Gasteiger partial charge in [-0.15, -0.1) is 0 Å². The van der Waals surface area contributed by atoms with Gasteiger partial charge in [-0.2, -0.15) is 0 Å². The second-order valence-corrected chi connectivity index (χ2v) is 17.3.